The summed E-state index contributed by atoms with van der Waals surface area (Å²) in [7, 11) is 0. The zero-order valence-electron chi connectivity index (χ0n) is 21.7. The molecule has 1 atom stereocenters. The van der Waals surface area contributed by atoms with Gasteiger partial charge < -0.3 is 24.2 Å². The maximum Gasteiger partial charge on any atom is 0.295 e. The molecule has 6 rings (SSSR count). The van der Waals surface area contributed by atoms with E-state index in [2.05, 4.69) is 0 Å². The number of amides is 1. The van der Waals surface area contributed by atoms with Crippen LogP contribution in [-0.2, 0) is 22.7 Å². The predicted molar refractivity (Wildman–Crippen MR) is 149 cm³/mol. The van der Waals surface area contributed by atoms with Crippen LogP contribution in [0.2, 0.25) is 0 Å². The molecule has 1 amide bonds. The molecule has 7 nitrogen and oxygen atoms in total. The van der Waals surface area contributed by atoms with E-state index < -0.39 is 17.7 Å². The van der Waals surface area contributed by atoms with Gasteiger partial charge in [-0.1, -0.05) is 72.8 Å². The second kappa shape index (κ2) is 11.0. The Morgan fingerprint density at radius 1 is 0.800 bits per heavy atom. The molecule has 200 valence electrons. The lowest BCUT2D eigenvalue weighted by atomic mass is 9.95. The smallest absolute Gasteiger partial charge is 0.295 e. The molecule has 0 radical (unpaired) electrons. The minimum Gasteiger partial charge on any atom is -0.507 e. The van der Waals surface area contributed by atoms with Crippen LogP contribution in [0.3, 0.4) is 0 Å². The van der Waals surface area contributed by atoms with Crippen molar-refractivity contribution in [1.82, 2.24) is 4.90 Å². The number of hydrogen-bond acceptors (Lipinski definition) is 6. The second-order valence-electron chi connectivity index (χ2n) is 9.61. The van der Waals surface area contributed by atoms with Crippen molar-refractivity contribution >= 4 is 17.4 Å². The highest BCUT2D eigenvalue weighted by Crippen LogP contribution is 2.42. The lowest BCUT2D eigenvalue weighted by molar-refractivity contribution is -0.140. The van der Waals surface area contributed by atoms with E-state index in [0.29, 0.717) is 48.2 Å². The molecule has 40 heavy (non-hydrogen) atoms. The Bertz CT molecular complexity index is 1560. The number of nitrogens with zero attached hydrogens (tertiary/aromatic N) is 1. The van der Waals surface area contributed by atoms with Gasteiger partial charge in [0.15, 0.2) is 11.5 Å². The van der Waals surface area contributed by atoms with Crippen LogP contribution in [0.15, 0.2) is 109 Å². The van der Waals surface area contributed by atoms with Gasteiger partial charge in [0.2, 0.25) is 0 Å². The van der Waals surface area contributed by atoms with Gasteiger partial charge in [0.05, 0.1) is 11.6 Å². The first-order valence-electron chi connectivity index (χ1n) is 13.1. The topological polar surface area (TPSA) is 85.3 Å². The summed E-state index contributed by atoms with van der Waals surface area (Å²) in [4.78, 5) is 28.3. The van der Waals surface area contributed by atoms with Crippen LogP contribution in [0.25, 0.3) is 5.76 Å². The largest absolute Gasteiger partial charge is 0.507 e. The van der Waals surface area contributed by atoms with Crippen molar-refractivity contribution in [3.8, 4) is 17.2 Å². The van der Waals surface area contributed by atoms with E-state index in [-0.39, 0.29) is 17.9 Å². The van der Waals surface area contributed by atoms with E-state index in [0.717, 1.165) is 11.1 Å². The number of Topliss-reactive ketones (excluding diaryl/α,β-unsaturated/α-hetero) is 1. The molecule has 7 heteroatoms. The summed E-state index contributed by atoms with van der Waals surface area (Å²) in [5.41, 5.74) is 2.99. The number of ketones is 1. The Labute approximate surface area is 231 Å². The van der Waals surface area contributed by atoms with Crippen molar-refractivity contribution < 1.29 is 28.9 Å². The quantitative estimate of drug-likeness (QED) is 0.188. The van der Waals surface area contributed by atoms with Gasteiger partial charge in [0.25, 0.3) is 11.7 Å². The molecule has 2 aliphatic rings. The fraction of sp³-hybridized carbons (Fsp3) is 0.152. The van der Waals surface area contributed by atoms with E-state index in [1.807, 2.05) is 84.9 Å². The van der Waals surface area contributed by atoms with Crippen molar-refractivity contribution in [3.05, 3.63) is 131 Å². The third kappa shape index (κ3) is 5.01. The van der Waals surface area contributed by atoms with Crippen molar-refractivity contribution in [3.63, 3.8) is 0 Å². The molecule has 0 aromatic heterocycles. The number of aliphatic hydroxyl groups excluding tert-OH is 1. The summed E-state index contributed by atoms with van der Waals surface area (Å²) in [6.45, 7) is 1.45. The average molecular weight is 534 g/mol. The maximum absolute atomic E-state index is 13.4. The lowest BCUT2D eigenvalue weighted by Crippen LogP contribution is -2.29. The minimum absolute atomic E-state index is 0.0237. The zero-order valence-corrected chi connectivity index (χ0v) is 21.7. The van der Waals surface area contributed by atoms with Gasteiger partial charge in [-0.15, -0.1) is 0 Å². The third-order valence-corrected chi connectivity index (χ3v) is 7.00. The van der Waals surface area contributed by atoms with Crippen LogP contribution in [0.4, 0.5) is 0 Å². The summed E-state index contributed by atoms with van der Waals surface area (Å²) < 4.78 is 17.2. The van der Waals surface area contributed by atoms with Gasteiger partial charge in [-0.25, -0.2) is 0 Å². The molecule has 0 aliphatic carbocycles. The molecule has 1 N–H and O–H groups in total. The van der Waals surface area contributed by atoms with Crippen molar-refractivity contribution in [1.29, 1.82) is 0 Å². The van der Waals surface area contributed by atoms with Gasteiger partial charge in [0.1, 0.15) is 31.3 Å². The molecule has 2 heterocycles. The van der Waals surface area contributed by atoms with Gasteiger partial charge in [0, 0.05) is 12.1 Å². The Morgan fingerprint density at radius 3 is 2.15 bits per heavy atom. The highest BCUT2D eigenvalue weighted by Gasteiger charge is 2.46. The van der Waals surface area contributed by atoms with Crippen LogP contribution in [0.5, 0.6) is 17.2 Å². The van der Waals surface area contributed by atoms with Gasteiger partial charge in [-0.3, -0.25) is 9.59 Å². The summed E-state index contributed by atoms with van der Waals surface area (Å²) in [5.74, 6) is 0.0232. The first kappa shape index (κ1) is 25.2. The van der Waals surface area contributed by atoms with Crippen LogP contribution in [0, 0.1) is 0 Å². The van der Waals surface area contributed by atoms with Gasteiger partial charge in [-0.2, -0.15) is 0 Å². The molecule has 4 aromatic rings. The van der Waals surface area contributed by atoms with E-state index in [4.69, 9.17) is 14.2 Å². The molecule has 0 bridgehead atoms. The van der Waals surface area contributed by atoms with Crippen molar-refractivity contribution in [2.75, 3.05) is 13.2 Å². The lowest BCUT2D eigenvalue weighted by Gasteiger charge is -2.26. The highest BCUT2D eigenvalue weighted by molar-refractivity contribution is 6.46. The second-order valence-corrected chi connectivity index (χ2v) is 9.61. The molecule has 0 unspecified atom stereocenters. The Balaban J connectivity index is 1.37. The van der Waals surface area contributed by atoms with Crippen LogP contribution < -0.4 is 14.2 Å². The van der Waals surface area contributed by atoms with Crippen molar-refractivity contribution in [2.45, 2.75) is 19.2 Å². The summed E-state index contributed by atoms with van der Waals surface area (Å²) >= 11 is 0. The molecular weight excluding hydrogens is 506 g/mol. The SMILES string of the molecule is O=C1C(=O)N(Cc2ccccc2)[C@@H](c2ccc(OCc3ccccc3)cc2)/C1=C(\O)c1ccc2c(c1)OCCO2. The van der Waals surface area contributed by atoms with Crippen molar-refractivity contribution in [2.24, 2.45) is 0 Å². The van der Waals surface area contributed by atoms with Gasteiger partial charge >= 0.3 is 0 Å². The number of likely N-dealkylation sites (tertiary alicyclic amines) is 1. The first-order chi connectivity index (χ1) is 19.6. The molecule has 2 aliphatic heterocycles. The molecule has 1 saturated heterocycles. The van der Waals surface area contributed by atoms with E-state index in [9.17, 15) is 14.7 Å². The monoisotopic (exact) mass is 533 g/mol. The normalized spacial score (nSPS) is 17.6. The fourth-order valence-corrected chi connectivity index (χ4v) is 5.00. The van der Waals surface area contributed by atoms with Crippen LogP contribution >= 0.6 is 0 Å². The molecule has 0 saturated carbocycles. The molecular formula is C33H27NO6. The molecule has 0 spiro atoms. The predicted octanol–water partition coefficient (Wildman–Crippen LogP) is 5.66. The number of benzene rings is 4. The number of fused-ring (bicyclic) bond motifs is 1. The number of hydrogen-bond donors (Lipinski definition) is 1. The number of carbonyl (C=O) groups is 2. The van der Waals surface area contributed by atoms with E-state index >= 15 is 0 Å². The Kier molecular flexibility index (Phi) is 6.93. The summed E-state index contributed by atoms with van der Waals surface area (Å²) in [5, 5.41) is 11.4. The van der Waals surface area contributed by atoms with Crippen LogP contribution in [0.1, 0.15) is 28.3 Å². The number of rotatable bonds is 7. The first-order valence-corrected chi connectivity index (χ1v) is 13.1. The zero-order chi connectivity index (χ0) is 27.5. The maximum atomic E-state index is 13.4. The Hall–Kier alpha value is -5.04. The third-order valence-electron chi connectivity index (χ3n) is 7.00. The fourth-order valence-electron chi connectivity index (χ4n) is 5.00. The number of aliphatic hydroxyl groups is 1. The molecule has 1 fully saturated rings. The van der Waals surface area contributed by atoms with E-state index in [1.165, 1.54) is 4.90 Å². The summed E-state index contributed by atoms with van der Waals surface area (Å²) in [6.07, 6.45) is 0. The Morgan fingerprint density at radius 2 is 1.45 bits per heavy atom. The minimum atomic E-state index is -0.795. The standard InChI is InChI=1S/C33H27NO6/c35-31(25-13-16-27-28(19-25)39-18-17-38-27)29-30(34(33(37)32(29)36)20-22-7-3-1-4-8-22)24-11-14-26(15-12-24)40-21-23-9-5-2-6-10-23/h1-16,19,30,35H,17-18,20-21H2/b31-29+/t30-/m0/s1. The average Bonchev–Trinajstić information content (AvgIpc) is 3.25. The number of carbonyl (C=O) groups excluding carboxylic acids is 2. The number of ether oxygens (including phenoxy) is 3. The van der Waals surface area contributed by atoms with Crippen LogP contribution in [-0.4, -0.2) is 34.9 Å². The highest BCUT2D eigenvalue weighted by atomic mass is 16.6. The van der Waals surface area contributed by atoms with Gasteiger partial charge in [-0.05, 0) is 47.0 Å². The van der Waals surface area contributed by atoms with E-state index in [1.54, 1.807) is 18.2 Å². The molecule has 4 aromatic carbocycles. The summed E-state index contributed by atoms with van der Waals surface area (Å²) in [6, 6.07) is 30.8.